The first-order valence-electron chi connectivity index (χ1n) is 7.04. The van der Waals surface area contributed by atoms with Crippen molar-refractivity contribution in [3.05, 3.63) is 12.4 Å². The van der Waals surface area contributed by atoms with Crippen molar-refractivity contribution < 1.29 is 19.1 Å². The van der Waals surface area contributed by atoms with E-state index in [4.69, 9.17) is 9.47 Å². The van der Waals surface area contributed by atoms with Crippen LogP contribution in [0.1, 0.15) is 26.7 Å². The minimum Gasteiger partial charge on any atom is -0.466 e. The number of thioether (sulfide) groups is 2. The average Bonchev–Trinajstić information content (AvgIpc) is 2.49. The Labute approximate surface area is 138 Å². The number of esters is 2. The summed E-state index contributed by atoms with van der Waals surface area (Å²) in [7, 11) is 0. The van der Waals surface area contributed by atoms with Crippen LogP contribution < -0.4 is 0 Å². The van der Waals surface area contributed by atoms with E-state index in [1.807, 2.05) is 0 Å². The third kappa shape index (κ3) is 8.23. The normalized spacial score (nSPS) is 10.3. The smallest absolute Gasteiger partial charge is 0.306 e. The lowest BCUT2D eigenvalue weighted by atomic mass is 10.5. The standard InChI is InChI=1S/C14H20N2O4S2/c1-3-19-13(17)5-7-21-11-9-16-12(10-15-11)22-8-6-14(18)20-4-2/h9-10H,3-8H2,1-2H3. The molecule has 0 aliphatic rings. The fourth-order valence-electron chi connectivity index (χ4n) is 1.40. The van der Waals surface area contributed by atoms with Gasteiger partial charge in [0.25, 0.3) is 0 Å². The zero-order chi connectivity index (χ0) is 16.2. The first-order valence-corrected chi connectivity index (χ1v) is 9.01. The van der Waals surface area contributed by atoms with Crippen LogP contribution in [-0.2, 0) is 19.1 Å². The van der Waals surface area contributed by atoms with Gasteiger partial charge in [0.1, 0.15) is 10.1 Å². The second-order valence-electron chi connectivity index (χ2n) is 4.00. The van der Waals surface area contributed by atoms with Gasteiger partial charge in [0, 0.05) is 11.5 Å². The minimum atomic E-state index is -0.200. The Balaban J connectivity index is 2.25. The molecule has 8 heteroatoms. The fraction of sp³-hybridized carbons (Fsp3) is 0.571. The number of rotatable bonds is 10. The SMILES string of the molecule is CCOC(=O)CCSc1cnc(SCCC(=O)OCC)cn1. The maximum atomic E-state index is 11.2. The van der Waals surface area contributed by atoms with Crippen molar-refractivity contribution in [1.82, 2.24) is 9.97 Å². The summed E-state index contributed by atoms with van der Waals surface area (Å²) < 4.78 is 9.70. The van der Waals surface area contributed by atoms with E-state index in [0.717, 1.165) is 10.1 Å². The van der Waals surface area contributed by atoms with Gasteiger partial charge in [-0.25, -0.2) is 9.97 Å². The van der Waals surface area contributed by atoms with Crippen molar-refractivity contribution in [3.8, 4) is 0 Å². The number of nitrogens with zero attached hydrogens (tertiary/aromatic N) is 2. The lowest BCUT2D eigenvalue weighted by Crippen LogP contribution is -2.05. The van der Waals surface area contributed by atoms with E-state index in [9.17, 15) is 9.59 Å². The predicted octanol–water partition coefficient (Wildman–Crippen LogP) is 2.57. The molecule has 0 atom stereocenters. The fourth-order valence-corrected chi connectivity index (χ4v) is 2.86. The van der Waals surface area contributed by atoms with Crippen LogP contribution in [0.15, 0.2) is 22.4 Å². The molecule has 0 bridgehead atoms. The third-order valence-electron chi connectivity index (χ3n) is 2.33. The van der Waals surface area contributed by atoms with Crippen LogP contribution in [0.25, 0.3) is 0 Å². The molecule has 0 aliphatic heterocycles. The summed E-state index contributed by atoms with van der Waals surface area (Å²) in [5.41, 5.74) is 0. The van der Waals surface area contributed by atoms with Crippen LogP contribution >= 0.6 is 23.5 Å². The molecule has 0 amide bonds. The molecule has 0 aromatic carbocycles. The van der Waals surface area contributed by atoms with Crippen molar-refractivity contribution in [2.75, 3.05) is 24.7 Å². The minimum absolute atomic E-state index is 0.200. The predicted molar refractivity (Wildman–Crippen MR) is 86.0 cm³/mol. The second-order valence-corrected chi connectivity index (χ2v) is 6.23. The Hall–Kier alpha value is -1.28. The topological polar surface area (TPSA) is 78.4 Å². The molecule has 1 rings (SSSR count). The zero-order valence-electron chi connectivity index (χ0n) is 12.7. The van der Waals surface area contributed by atoms with Crippen molar-refractivity contribution in [2.45, 2.75) is 36.7 Å². The maximum absolute atomic E-state index is 11.2. The molecule has 0 N–H and O–H groups in total. The highest BCUT2D eigenvalue weighted by Gasteiger charge is 2.05. The molecule has 0 saturated carbocycles. The molecule has 0 spiro atoms. The Kier molecular flexibility index (Phi) is 9.65. The van der Waals surface area contributed by atoms with Crippen molar-refractivity contribution in [2.24, 2.45) is 0 Å². The lowest BCUT2D eigenvalue weighted by Gasteiger charge is -2.03. The van der Waals surface area contributed by atoms with E-state index < -0.39 is 0 Å². The Morgan fingerprint density at radius 3 is 1.64 bits per heavy atom. The van der Waals surface area contributed by atoms with Gasteiger partial charge in [-0.2, -0.15) is 0 Å². The van der Waals surface area contributed by atoms with E-state index in [0.29, 0.717) is 37.6 Å². The number of hydrogen-bond donors (Lipinski definition) is 0. The molecule has 1 aromatic heterocycles. The van der Waals surface area contributed by atoms with Crippen LogP contribution in [-0.4, -0.2) is 46.6 Å². The summed E-state index contributed by atoms with van der Waals surface area (Å²) in [5.74, 6) is 0.828. The molecule has 22 heavy (non-hydrogen) atoms. The van der Waals surface area contributed by atoms with Crippen LogP contribution in [0.5, 0.6) is 0 Å². The van der Waals surface area contributed by atoms with Gasteiger partial charge in [-0.15, -0.1) is 23.5 Å². The monoisotopic (exact) mass is 344 g/mol. The highest BCUT2D eigenvalue weighted by Crippen LogP contribution is 2.19. The number of carbonyl (C=O) groups is 2. The molecular weight excluding hydrogens is 324 g/mol. The molecular formula is C14H20N2O4S2. The van der Waals surface area contributed by atoms with E-state index in [-0.39, 0.29) is 11.9 Å². The molecule has 1 aromatic rings. The van der Waals surface area contributed by atoms with Crippen molar-refractivity contribution in [3.63, 3.8) is 0 Å². The summed E-state index contributed by atoms with van der Waals surface area (Å²) in [6, 6.07) is 0. The van der Waals surface area contributed by atoms with Gasteiger partial charge in [0.05, 0.1) is 38.4 Å². The first-order chi connectivity index (χ1) is 10.7. The number of hydrogen-bond acceptors (Lipinski definition) is 8. The third-order valence-corrected chi connectivity index (χ3v) is 4.16. The molecule has 0 aliphatic carbocycles. The average molecular weight is 344 g/mol. The molecule has 0 saturated heterocycles. The van der Waals surface area contributed by atoms with E-state index in [2.05, 4.69) is 9.97 Å². The molecule has 0 unspecified atom stereocenters. The van der Waals surface area contributed by atoms with E-state index in [1.165, 1.54) is 23.5 Å². The summed E-state index contributed by atoms with van der Waals surface area (Å²) in [4.78, 5) is 30.9. The number of ether oxygens (including phenoxy) is 2. The van der Waals surface area contributed by atoms with Gasteiger partial charge in [-0.05, 0) is 13.8 Å². The summed E-state index contributed by atoms with van der Waals surface area (Å²) in [6.07, 6.45) is 4.05. The van der Waals surface area contributed by atoms with Crippen LogP contribution in [0.4, 0.5) is 0 Å². The first kappa shape index (κ1) is 18.8. The van der Waals surface area contributed by atoms with Gasteiger partial charge >= 0.3 is 11.9 Å². The van der Waals surface area contributed by atoms with Crippen LogP contribution in [0, 0.1) is 0 Å². The Bertz CT molecular complexity index is 425. The highest BCUT2D eigenvalue weighted by molar-refractivity contribution is 7.99. The Morgan fingerprint density at radius 1 is 0.909 bits per heavy atom. The Morgan fingerprint density at radius 2 is 1.32 bits per heavy atom. The second kappa shape index (κ2) is 11.3. The molecule has 1 heterocycles. The highest BCUT2D eigenvalue weighted by atomic mass is 32.2. The lowest BCUT2D eigenvalue weighted by molar-refractivity contribution is -0.143. The van der Waals surface area contributed by atoms with Crippen LogP contribution in [0.2, 0.25) is 0 Å². The molecule has 6 nitrogen and oxygen atoms in total. The number of carbonyl (C=O) groups excluding carboxylic acids is 2. The summed E-state index contributed by atoms with van der Waals surface area (Å²) in [6.45, 7) is 4.38. The quantitative estimate of drug-likeness (QED) is 0.473. The summed E-state index contributed by atoms with van der Waals surface area (Å²) >= 11 is 2.92. The molecule has 0 fully saturated rings. The van der Waals surface area contributed by atoms with Gasteiger partial charge in [0.15, 0.2) is 0 Å². The molecule has 0 radical (unpaired) electrons. The van der Waals surface area contributed by atoms with Crippen molar-refractivity contribution >= 4 is 35.5 Å². The van der Waals surface area contributed by atoms with Crippen molar-refractivity contribution in [1.29, 1.82) is 0 Å². The van der Waals surface area contributed by atoms with Gasteiger partial charge in [-0.1, -0.05) is 0 Å². The van der Waals surface area contributed by atoms with Gasteiger partial charge in [-0.3, -0.25) is 9.59 Å². The number of aromatic nitrogens is 2. The summed E-state index contributed by atoms with van der Waals surface area (Å²) in [5, 5.41) is 1.53. The van der Waals surface area contributed by atoms with E-state index in [1.54, 1.807) is 26.2 Å². The maximum Gasteiger partial charge on any atom is 0.306 e. The largest absolute Gasteiger partial charge is 0.466 e. The van der Waals surface area contributed by atoms with Gasteiger partial charge in [0.2, 0.25) is 0 Å². The van der Waals surface area contributed by atoms with Crippen LogP contribution in [0.3, 0.4) is 0 Å². The van der Waals surface area contributed by atoms with E-state index >= 15 is 0 Å². The van der Waals surface area contributed by atoms with Gasteiger partial charge < -0.3 is 9.47 Å². The zero-order valence-corrected chi connectivity index (χ0v) is 14.4. The molecule has 122 valence electrons.